The molecule has 96 valence electrons. The first-order valence-electron chi connectivity index (χ1n) is 6.99. The molecule has 0 unspecified atom stereocenters. The Morgan fingerprint density at radius 1 is 1.41 bits per heavy atom. The first-order valence-corrected chi connectivity index (χ1v) is 6.99. The highest BCUT2D eigenvalue weighted by Gasteiger charge is 2.66. The lowest BCUT2D eigenvalue weighted by atomic mass is 9.77. The van der Waals surface area contributed by atoms with E-state index in [1.807, 2.05) is 0 Å². The Bertz CT molecular complexity index is 362. The second-order valence-corrected chi connectivity index (χ2v) is 6.82. The molecule has 2 heterocycles. The van der Waals surface area contributed by atoms with Crippen molar-refractivity contribution in [2.45, 2.75) is 57.8 Å². The van der Waals surface area contributed by atoms with Gasteiger partial charge < -0.3 is 9.84 Å². The summed E-state index contributed by atoms with van der Waals surface area (Å²) in [6.45, 7) is 10.9. The van der Waals surface area contributed by atoms with Gasteiger partial charge in [0.1, 0.15) is 0 Å². The molecule has 2 bridgehead atoms. The van der Waals surface area contributed by atoms with E-state index < -0.39 is 5.79 Å². The predicted octanol–water partition coefficient (Wildman–Crippen LogP) is 3.11. The van der Waals surface area contributed by atoms with Crippen LogP contribution in [0.15, 0.2) is 12.2 Å². The Kier molecular flexibility index (Phi) is 2.32. The molecule has 1 aliphatic carbocycles. The van der Waals surface area contributed by atoms with Crippen molar-refractivity contribution in [3.63, 3.8) is 0 Å². The number of ether oxygens (including phenoxy) is 1. The topological polar surface area (TPSA) is 29.5 Å². The van der Waals surface area contributed by atoms with E-state index in [2.05, 4.69) is 27.4 Å². The number of aliphatic hydroxyl groups is 1. The molecular formula is C15H24O2. The van der Waals surface area contributed by atoms with Crippen molar-refractivity contribution in [3.8, 4) is 0 Å². The molecule has 0 amide bonds. The zero-order valence-corrected chi connectivity index (χ0v) is 11.2. The second kappa shape index (κ2) is 3.36. The van der Waals surface area contributed by atoms with Crippen molar-refractivity contribution in [2.75, 3.05) is 0 Å². The summed E-state index contributed by atoms with van der Waals surface area (Å²) >= 11 is 0. The van der Waals surface area contributed by atoms with Crippen molar-refractivity contribution in [1.29, 1.82) is 0 Å². The third-order valence-corrected chi connectivity index (χ3v) is 5.58. The summed E-state index contributed by atoms with van der Waals surface area (Å²) in [7, 11) is 0. The predicted molar refractivity (Wildman–Crippen MR) is 67.4 cm³/mol. The van der Waals surface area contributed by atoms with Gasteiger partial charge in [0.25, 0.3) is 0 Å². The van der Waals surface area contributed by atoms with Gasteiger partial charge in [-0.05, 0) is 31.1 Å². The van der Waals surface area contributed by atoms with Crippen molar-refractivity contribution in [3.05, 3.63) is 12.2 Å². The van der Waals surface area contributed by atoms with E-state index in [0.29, 0.717) is 24.2 Å². The Morgan fingerprint density at radius 3 is 2.76 bits per heavy atom. The third kappa shape index (κ3) is 1.34. The second-order valence-electron chi connectivity index (χ2n) is 6.82. The van der Waals surface area contributed by atoms with Crippen LogP contribution in [0.1, 0.15) is 46.5 Å². The lowest BCUT2D eigenvalue weighted by molar-refractivity contribution is -0.269. The molecule has 1 saturated carbocycles. The summed E-state index contributed by atoms with van der Waals surface area (Å²) in [5.41, 5.74) is 1.13. The van der Waals surface area contributed by atoms with Crippen LogP contribution in [-0.2, 0) is 4.74 Å². The molecule has 3 fully saturated rings. The quantitative estimate of drug-likeness (QED) is 0.709. The normalized spacial score (nSPS) is 53.2. The average molecular weight is 236 g/mol. The first kappa shape index (κ1) is 11.7. The lowest BCUT2D eigenvalue weighted by Crippen LogP contribution is -2.48. The van der Waals surface area contributed by atoms with Gasteiger partial charge in [-0.1, -0.05) is 32.9 Å². The molecule has 0 aromatic carbocycles. The van der Waals surface area contributed by atoms with Gasteiger partial charge in [0, 0.05) is 18.3 Å². The summed E-state index contributed by atoms with van der Waals surface area (Å²) < 4.78 is 6.25. The summed E-state index contributed by atoms with van der Waals surface area (Å²) in [6.07, 6.45) is 4.08. The molecule has 0 aromatic rings. The molecule has 5 atom stereocenters. The van der Waals surface area contributed by atoms with Gasteiger partial charge in [-0.25, -0.2) is 0 Å². The minimum absolute atomic E-state index is 0.0982. The van der Waals surface area contributed by atoms with E-state index in [9.17, 15) is 5.11 Å². The number of hydrogen-bond donors (Lipinski definition) is 1. The molecule has 0 radical (unpaired) electrons. The summed E-state index contributed by atoms with van der Waals surface area (Å²) in [4.78, 5) is 0. The molecule has 2 saturated heterocycles. The lowest BCUT2D eigenvalue weighted by Gasteiger charge is -2.43. The van der Waals surface area contributed by atoms with Crippen LogP contribution in [-0.4, -0.2) is 16.5 Å². The van der Waals surface area contributed by atoms with E-state index in [1.165, 1.54) is 18.4 Å². The Morgan fingerprint density at radius 2 is 2.12 bits per heavy atom. The fourth-order valence-corrected chi connectivity index (χ4v) is 4.64. The summed E-state index contributed by atoms with van der Waals surface area (Å²) in [6, 6.07) is 0. The Hall–Kier alpha value is -0.340. The van der Waals surface area contributed by atoms with Crippen LogP contribution in [0, 0.1) is 23.7 Å². The first-order chi connectivity index (χ1) is 7.89. The fourth-order valence-electron chi connectivity index (χ4n) is 4.64. The van der Waals surface area contributed by atoms with Gasteiger partial charge in [-0.15, -0.1) is 0 Å². The highest BCUT2D eigenvalue weighted by Crippen LogP contribution is 2.63. The molecular weight excluding hydrogens is 212 g/mol. The number of rotatable bonds is 1. The van der Waals surface area contributed by atoms with Gasteiger partial charge in [0.2, 0.25) is 0 Å². The minimum Gasteiger partial charge on any atom is -0.365 e. The Balaban J connectivity index is 2.04. The van der Waals surface area contributed by atoms with Crippen LogP contribution < -0.4 is 0 Å². The fraction of sp³-hybridized carbons (Fsp3) is 0.867. The van der Waals surface area contributed by atoms with Crippen LogP contribution in [0.2, 0.25) is 0 Å². The standard InChI is InChI=1S/C15H24O2/c1-9(2)13-8-14-11(4)5-6-12(14)10(3)7-15(13,16)17-14/h9,11-13,16H,3,5-8H2,1-2,4H3/t11-,12-,13+,14+,15-/m1/s1. The molecule has 1 N–H and O–H groups in total. The van der Waals surface area contributed by atoms with Crippen molar-refractivity contribution < 1.29 is 9.84 Å². The van der Waals surface area contributed by atoms with Crippen molar-refractivity contribution in [1.82, 2.24) is 0 Å². The maximum Gasteiger partial charge on any atom is 0.173 e. The van der Waals surface area contributed by atoms with Gasteiger partial charge >= 0.3 is 0 Å². The summed E-state index contributed by atoms with van der Waals surface area (Å²) in [5, 5.41) is 10.8. The average Bonchev–Trinajstić information content (AvgIpc) is 2.65. The number of fused-ring (bicyclic) bond motifs is 1. The van der Waals surface area contributed by atoms with Crippen LogP contribution >= 0.6 is 0 Å². The van der Waals surface area contributed by atoms with E-state index >= 15 is 0 Å². The Labute approximate surface area is 104 Å². The molecule has 2 aliphatic heterocycles. The molecule has 3 aliphatic rings. The molecule has 2 heteroatoms. The molecule has 2 nitrogen and oxygen atoms in total. The van der Waals surface area contributed by atoms with Crippen LogP contribution in [0.3, 0.4) is 0 Å². The van der Waals surface area contributed by atoms with E-state index in [-0.39, 0.29) is 11.5 Å². The smallest absolute Gasteiger partial charge is 0.173 e. The van der Waals surface area contributed by atoms with E-state index in [4.69, 9.17) is 4.74 Å². The van der Waals surface area contributed by atoms with Gasteiger partial charge in [-0.2, -0.15) is 0 Å². The molecule has 1 spiro atoms. The molecule has 0 aromatic heterocycles. The van der Waals surface area contributed by atoms with Crippen LogP contribution in [0.25, 0.3) is 0 Å². The zero-order chi connectivity index (χ0) is 12.4. The zero-order valence-electron chi connectivity index (χ0n) is 11.2. The van der Waals surface area contributed by atoms with Gasteiger partial charge in [0.05, 0.1) is 5.60 Å². The van der Waals surface area contributed by atoms with Crippen LogP contribution in [0.5, 0.6) is 0 Å². The molecule has 17 heavy (non-hydrogen) atoms. The highest BCUT2D eigenvalue weighted by molar-refractivity contribution is 5.24. The van der Waals surface area contributed by atoms with E-state index in [1.54, 1.807) is 0 Å². The van der Waals surface area contributed by atoms with Crippen molar-refractivity contribution >= 4 is 0 Å². The van der Waals surface area contributed by atoms with Crippen molar-refractivity contribution in [2.24, 2.45) is 23.7 Å². The van der Waals surface area contributed by atoms with Crippen LogP contribution in [0.4, 0.5) is 0 Å². The number of hydrogen-bond acceptors (Lipinski definition) is 2. The largest absolute Gasteiger partial charge is 0.365 e. The third-order valence-electron chi connectivity index (χ3n) is 5.58. The minimum atomic E-state index is -0.930. The van der Waals surface area contributed by atoms with Gasteiger partial charge in [0.15, 0.2) is 5.79 Å². The highest BCUT2D eigenvalue weighted by atomic mass is 16.6. The SMILES string of the molecule is C=C1C[C@@]2(O)O[C@@]3(C[C@H]2C(C)C)[C@H](C)CC[C@H]13. The summed E-state index contributed by atoms with van der Waals surface area (Å²) in [5.74, 6) is 0.852. The molecule has 3 rings (SSSR count). The van der Waals surface area contributed by atoms with E-state index in [0.717, 1.165) is 6.42 Å². The maximum atomic E-state index is 10.8. The maximum absolute atomic E-state index is 10.8. The van der Waals surface area contributed by atoms with Gasteiger partial charge in [-0.3, -0.25) is 0 Å². The monoisotopic (exact) mass is 236 g/mol.